The van der Waals surface area contributed by atoms with Crippen LogP contribution in [-0.2, 0) is 35.3 Å². The number of rotatable bonds is 16. The fraction of sp³-hybridized carbons (Fsp3) is 1.00. The van der Waals surface area contributed by atoms with Gasteiger partial charge in [-0.2, -0.15) is 0 Å². The summed E-state index contributed by atoms with van der Waals surface area (Å²) in [6, 6.07) is 0. The van der Waals surface area contributed by atoms with Crippen molar-refractivity contribution < 1.29 is 54.9 Å². The Bertz CT molecular complexity index is 365. The van der Waals surface area contributed by atoms with Gasteiger partial charge in [0.25, 0.3) is 0 Å². The van der Waals surface area contributed by atoms with Gasteiger partial charge >= 0.3 is 26.2 Å². The molecule has 0 aromatic heterocycles. The quantitative estimate of drug-likeness (QED) is 0.0844. The Balaban J connectivity index is -0.000000411. The third-order valence-electron chi connectivity index (χ3n) is 2.72. The van der Waals surface area contributed by atoms with Crippen LogP contribution in [0.25, 0.3) is 0 Å². The van der Waals surface area contributed by atoms with Crippen molar-refractivity contribution >= 4 is 15.2 Å². The van der Waals surface area contributed by atoms with E-state index in [-0.39, 0.29) is 51.6 Å². The van der Waals surface area contributed by atoms with Crippen molar-refractivity contribution in [1.82, 2.24) is 21.3 Å². The molecule has 0 spiro atoms. The number of hydrogen-bond donors (Lipinski definition) is 6. The van der Waals surface area contributed by atoms with Crippen molar-refractivity contribution in [3.05, 3.63) is 0 Å². The molecule has 0 bridgehead atoms. The van der Waals surface area contributed by atoms with E-state index in [1.54, 1.807) is 0 Å². The van der Waals surface area contributed by atoms with Gasteiger partial charge in [-0.25, -0.2) is 0 Å². The van der Waals surface area contributed by atoms with E-state index in [0.717, 1.165) is 26.2 Å². The Labute approximate surface area is 180 Å². The van der Waals surface area contributed by atoms with Gasteiger partial charge in [-0.15, -0.1) is 0 Å². The van der Waals surface area contributed by atoms with Crippen LogP contribution in [0.1, 0.15) is 0 Å². The molecule has 15 heteroatoms. The molecule has 27 heavy (non-hydrogen) atoms. The van der Waals surface area contributed by atoms with Crippen molar-refractivity contribution in [1.29, 1.82) is 0 Å². The summed E-state index contributed by atoms with van der Waals surface area (Å²) in [5.74, 6) is 0. The van der Waals surface area contributed by atoms with Gasteiger partial charge in [0.05, 0.1) is 0 Å². The van der Waals surface area contributed by atoms with E-state index >= 15 is 0 Å². The van der Waals surface area contributed by atoms with E-state index in [2.05, 4.69) is 21.3 Å². The fourth-order valence-electron chi connectivity index (χ4n) is 1.49. The first-order chi connectivity index (χ1) is 12.1. The average molecular weight is 510 g/mol. The second kappa shape index (κ2) is 21.6. The van der Waals surface area contributed by atoms with Crippen molar-refractivity contribution in [2.45, 2.75) is 0 Å². The van der Waals surface area contributed by atoms with Crippen LogP contribution < -0.4 is 52.3 Å². The number of hydrogen-bond acceptors (Lipinski definition) is 12. The van der Waals surface area contributed by atoms with Gasteiger partial charge in [0.1, 0.15) is 0 Å². The van der Waals surface area contributed by atoms with Gasteiger partial charge < -0.3 is 61.4 Å². The minimum atomic E-state index is -4.33. The monoisotopic (exact) mass is 508 g/mol. The second-order valence-electron chi connectivity index (χ2n) is 5.25. The minimum Gasteiger partial charge on any atom is -0.811 e. The first kappa shape index (κ1) is 32.6. The zero-order chi connectivity index (χ0) is 20.3. The predicted molar refractivity (Wildman–Crippen MR) is 94.5 cm³/mol. The van der Waals surface area contributed by atoms with Crippen LogP contribution in [0, 0.1) is 0 Å². The van der Waals surface area contributed by atoms with Crippen LogP contribution in [-0.4, -0.2) is 77.8 Å². The van der Waals surface area contributed by atoms with Crippen molar-refractivity contribution in [2.75, 3.05) is 77.8 Å². The molecule has 0 saturated heterocycles. The Morgan fingerprint density at radius 3 is 1.04 bits per heavy atom. The summed E-state index contributed by atoms with van der Waals surface area (Å²) in [6.45, 7) is 5.79. The van der Waals surface area contributed by atoms with Crippen molar-refractivity contribution in [3.63, 3.8) is 0 Å². The summed E-state index contributed by atoms with van der Waals surface area (Å²) in [5, 5.41) is 11.7. The molecule has 0 radical (unpaired) electrons. The van der Waals surface area contributed by atoms with Gasteiger partial charge in [-0.3, -0.25) is 0 Å². The summed E-state index contributed by atoms with van der Waals surface area (Å²) in [4.78, 5) is 40.7. The van der Waals surface area contributed by atoms with Crippen molar-refractivity contribution in [2.24, 2.45) is 11.5 Å². The van der Waals surface area contributed by atoms with Crippen LogP contribution >= 0.6 is 15.2 Å². The van der Waals surface area contributed by atoms with E-state index in [1.165, 1.54) is 0 Å². The van der Waals surface area contributed by atoms with E-state index in [1.807, 2.05) is 0 Å². The molecule has 0 aliphatic carbocycles. The maximum atomic E-state index is 10.2. The fourth-order valence-corrected chi connectivity index (χ4v) is 2.35. The van der Waals surface area contributed by atoms with Gasteiger partial charge in [0, 0.05) is 52.4 Å². The van der Waals surface area contributed by atoms with E-state index in [9.17, 15) is 28.7 Å². The SMILES string of the molecule is NCCNCCNCCP(=O)([O-])[O-].NCCNCCNCCP(=O)([O-])[O-].[Zr+4]. The van der Waals surface area contributed by atoms with Crippen molar-refractivity contribution in [3.8, 4) is 0 Å². The maximum absolute atomic E-state index is 10.2. The van der Waals surface area contributed by atoms with E-state index < -0.39 is 15.2 Å². The summed E-state index contributed by atoms with van der Waals surface area (Å²) in [7, 11) is -8.66. The normalized spacial score (nSPS) is 11.5. The standard InChI is InChI=1S/2C6H18N3O3P.Zr/c2*7-1-2-8-3-4-9-5-6-13(10,11)12;/h2*8-9H,1-7H2,(H2,10,11,12);/q;;+4/p-4. The van der Waals surface area contributed by atoms with Crippen LogP contribution in [0.4, 0.5) is 0 Å². The second-order valence-corrected chi connectivity index (χ2v) is 8.58. The molecule has 0 fully saturated rings. The smallest absolute Gasteiger partial charge is 0.811 e. The third-order valence-corrected chi connectivity index (χ3v) is 4.27. The molecule has 0 unspecified atom stereocenters. The Hall–Kier alpha value is 0.943. The van der Waals surface area contributed by atoms with Gasteiger partial charge in [-0.05, 0) is 25.4 Å². The number of nitrogens with one attached hydrogen (secondary N) is 4. The molecule has 0 atom stereocenters. The summed E-state index contributed by atoms with van der Waals surface area (Å²) >= 11 is 0. The summed E-state index contributed by atoms with van der Waals surface area (Å²) < 4.78 is 20.3. The Morgan fingerprint density at radius 2 is 0.815 bits per heavy atom. The maximum Gasteiger partial charge on any atom is 4.00 e. The Kier molecular flexibility index (Phi) is 26.1. The molecule has 12 nitrogen and oxygen atoms in total. The van der Waals surface area contributed by atoms with Crippen LogP contribution in [0.2, 0.25) is 0 Å². The van der Waals surface area contributed by atoms with Crippen LogP contribution in [0.3, 0.4) is 0 Å². The first-order valence-corrected chi connectivity index (χ1v) is 11.8. The predicted octanol–water partition coefficient (Wildman–Crippen LogP) is -5.93. The molecular weight excluding hydrogens is 477 g/mol. The molecule has 0 aromatic carbocycles. The minimum absolute atomic E-state index is 0. The zero-order valence-electron chi connectivity index (χ0n) is 15.5. The Morgan fingerprint density at radius 1 is 0.556 bits per heavy atom. The molecule has 8 N–H and O–H groups in total. The molecule has 160 valence electrons. The van der Waals surface area contributed by atoms with Gasteiger partial charge in [-0.1, -0.05) is 15.2 Å². The average Bonchev–Trinajstić information content (AvgIpc) is 2.52. The van der Waals surface area contributed by atoms with Gasteiger partial charge in [0.2, 0.25) is 0 Å². The first-order valence-electron chi connectivity index (χ1n) is 8.37. The number of nitrogens with two attached hydrogens (primary N) is 2. The molecule has 0 aliphatic rings. The van der Waals surface area contributed by atoms with Gasteiger partial charge in [0.15, 0.2) is 0 Å². The molecule has 0 amide bonds. The zero-order valence-corrected chi connectivity index (χ0v) is 19.7. The van der Waals surface area contributed by atoms with Crippen LogP contribution in [0.15, 0.2) is 0 Å². The third kappa shape index (κ3) is 38.2. The van der Waals surface area contributed by atoms with E-state index in [0.29, 0.717) is 26.2 Å². The summed E-state index contributed by atoms with van der Waals surface area (Å²) in [6.07, 6.45) is -0.659. The largest absolute Gasteiger partial charge is 4.00 e. The van der Waals surface area contributed by atoms with E-state index in [4.69, 9.17) is 11.5 Å². The molecular formula is C12H32N6O6P2Zr. The van der Waals surface area contributed by atoms with Crippen LogP contribution in [0.5, 0.6) is 0 Å². The topological polar surface area (TPSA) is 227 Å². The molecule has 0 rings (SSSR count). The molecule has 0 saturated carbocycles. The molecule has 0 aromatic rings. The molecule has 0 heterocycles. The molecule has 0 aliphatic heterocycles. The summed E-state index contributed by atoms with van der Waals surface area (Å²) in [5.41, 5.74) is 10.4.